The Morgan fingerprint density at radius 1 is 1.41 bits per heavy atom. The highest BCUT2D eigenvalue weighted by atomic mass is 35.5. The van der Waals surface area contributed by atoms with Crippen molar-refractivity contribution in [2.24, 2.45) is 0 Å². The predicted octanol–water partition coefficient (Wildman–Crippen LogP) is 2.40. The molecule has 0 unspecified atom stereocenters. The van der Waals surface area contributed by atoms with Crippen molar-refractivity contribution in [3.8, 4) is 0 Å². The number of nitrogens with two attached hydrogens (primary N) is 1. The molecule has 0 atom stereocenters. The number of ether oxygens (including phenoxy) is 1. The van der Waals surface area contributed by atoms with Gasteiger partial charge in [-0.1, -0.05) is 6.07 Å². The van der Waals surface area contributed by atoms with E-state index in [2.05, 4.69) is 10.4 Å². The molecule has 0 fully saturated rings. The fraction of sp³-hybridized carbons (Fsp3) is 0.333. The number of aryl methyl sites for hydroxylation is 1. The van der Waals surface area contributed by atoms with Crippen LogP contribution in [0.5, 0.6) is 0 Å². The molecule has 0 radical (unpaired) electrons. The number of hydrogen-bond donors (Lipinski definition) is 2. The van der Waals surface area contributed by atoms with Crippen LogP contribution in [0.1, 0.15) is 21.7 Å². The lowest BCUT2D eigenvalue weighted by Crippen LogP contribution is -2.14. The predicted molar refractivity (Wildman–Crippen MR) is 89.6 cm³/mol. The molecule has 0 spiro atoms. The minimum Gasteiger partial charge on any atom is -0.399 e. The maximum Gasteiger partial charge on any atom is 0.255 e. The van der Waals surface area contributed by atoms with Crippen molar-refractivity contribution in [3.05, 3.63) is 41.2 Å². The van der Waals surface area contributed by atoms with Crippen LogP contribution in [-0.4, -0.2) is 29.4 Å². The van der Waals surface area contributed by atoms with E-state index < -0.39 is 0 Å². The summed E-state index contributed by atoms with van der Waals surface area (Å²) in [5.74, 6) is -0.195. The highest BCUT2D eigenvalue weighted by molar-refractivity contribution is 6.05. The maximum atomic E-state index is 12.3. The highest BCUT2D eigenvalue weighted by Crippen LogP contribution is 2.20. The standard InChI is InChI=1S/C15H20N4O2.ClH/c1-10-14(11(2)19(18-10)7-8-21-3)17-15(20)12-5-4-6-13(16)9-12;/h4-6,9H,7-8,16H2,1-3H3,(H,17,20);1H. The van der Waals surface area contributed by atoms with Crippen LogP contribution in [-0.2, 0) is 11.3 Å². The third kappa shape index (κ3) is 3.99. The van der Waals surface area contributed by atoms with E-state index in [0.29, 0.717) is 24.4 Å². The zero-order valence-corrected chi connectivity index (χ0v) is 13.7. The summed E-state index contributed by atoms with van der Waals surface area (Å²) >= 11 is 0. The number of aromatic nitrogens is 2. The van der Waals surface area contributed by atoms with Gasteiger partial charge in [-0.2, -0.15) is 5.10 Å². The molecule has 0 aliphatic heterocycles. The number of methoxy groups -OCH3 is 1. The maximum absolute atomic E-state index is 12.3. The number of anilines is 2. The smallest absolute Gasteiger partial charge is 0.255 e. The van der Waals surface area contributed by atoms with Crippen LogP contribution in [0.2, 0.25) is 0 Å². The van der Waals surface area contributed by atoms with Crippen molar-refractivity contribution < 1.29 is 9.53 Å². The monoisotopic (exact) mass is 324 g/mol. The van der Waals surface area contributed by atoms with Crippen LogP contribution in [0.15, 0.2) is 24.3 Å². The van der Waals surface area contributed by atoms with Crippen LogP contribution in [0, 0.1) is 13.8 Å². The Morgan fingerprint density at radius 3 is 2.77 bits per heavy atom. The first-order chi connectivity index (χ1) is 10.0. The lowest BCUT2D eigenvalue weighted by atomic mass is 10.2. The molecule has 120 valence electrons. The summed E-state index contributed by atoms with van der Waals surface area (Å²) in [6, 6.07) is 6.88. The van der Waals surface area contributed by atoms with E-state index >= 15 is 0 Å². The Hall–Kier alpha value is -2.05. The van der Waals surface area contributed by atoms with Gasteiger partial charge in [-0.05, 0) is 32.0 Å². The van der Waals surface area contributed by atoms with Gasteiger partial charge in [0.15, 0.2) is 0 Å². The fourth-order valence-electron chi connectivity index (χ4n) is 2.14. The zero-order chi connectivity index (χ0) is 15.4. The Bertz CT molecular complexity index is 655. The molecule has 6 nitrogen and oxygen atoms in total. The number of nitrogens with one attached hydrogen (secondary N) is 1. The molecule has 0 saturated carbocycles. The van der Waals surface area contributed by atoms with Gasteiger partial charge in [-0.15, -0.1) is 12.4 Å². The molecule has 0 bridgehead atoms. The molecule has 0 saturated heterocycles. The van der Waals surface area contributed by atoms with Gasteiger partial charge in [0.2, 0.25) is 0 Å². The van der Waals surface area contributed by atoms with Crippen LogP contribution in [0.4, 0.5) is 11.4 Å². The number of hydrogen-bond acceptors (Lipinski definition) is 4. The number of nitrogens with zero attached hydrogens (tertiary/aromatic N) is 2. The Kier molecular flexibility index (Phi) is 6.39. The minimum atomic E-state index is -0.195. The quantitative estimate of drug-likeness (QED) is 0.827. The minimum absolute atomic E-state index is 0. The van der Waals surface area contributed by atoms with Crippen molar-refractivity contribution in [1.29, 1.82) is 0 Å². The number of amides is 1. The lowest BCUT2D eigenvalue weighted by Gasteiger charge is -2.07. The molecule has 3 N–H and O–H groups in total. The van der Waals surface area contributed by atoms with E-state index in [1.807, 2.05) is 18.5 Å². The van der Waals surface area contributed by atoms with E-state index in [9.17, 15) is 4.79 Å². The number of nitrogen functional groups attached to an aromatic ring is 1. The van der Waals surface area contributed by atoms with Gasteiger partial charge in [0.05, 0.1) is 30.2 Å². The van der Waals surface area contributed by atoms with Gasteiger partial charge in [-0.25, -0.2) is 0 Å². The number of halogens is 1. The van der Waals surface area contributed by atoms with Gasteiger partial charge in [0.25, 0.3) is 5.91 Å². The Labute approximate surface area is 136 Å². The molecule has 7 heteroatoms. The first kappa shape index (κ1) is 18.0. The van der Waals surface area contributed by atoms with Crippen LogP contribution < -0.4 is 11.1 Å². The molecule has 1 aromatic heterocycles. The molecule has 1 aromatic carbocycles. The van der Waals surface area contributed by atoms with E-state index in [0.717, 1.165) is 17.1 Å². The largest absolute Gasteiger partial charge is 0.399 e. The number of carbonyl (C=O) groups excluding carboxylic acids is 1. The molecule has 1 amide bonds. The van der Waals surface area contributed by atoms with Crippen LogP contribution in [0.25, 0.3) is 0 Å². The average Bonchev–Trinajstić information content (AvgIpc) is 2.72. The lowest BCUT2D eigenvalue weighted by molar-refractivity contribution is 0.102. The average molecular weight is 325 g/mol. The number of benzene rings is 1. The second kappa shape index (κ2) is 7.82. The summed E-state index contributed by atoms with van der Waals surface area (Å²) in [4.78, 5) is 12.3. The van der Waals surface area contributed by atoms with Gasteiger partial charge < -0.3 is 15.8 Å². The van der Waals surface area contributed by atoms with Gasteiger partial charge >= 0.3 is 0 Å². The van der Waals surface area contributed by atoms with E-state index in [1.165, 1.54) is 0 Å². The molecule has 2 aromatic rings. The number of carbonyl (C=O) groups is 1. The molecular formula is C15H21ClN4O2. The molecule has 22 heavy (non-hydrogen) atoms. The van der Waals surface area contributed by atoms with Gasteiger partial charge in [0, 0.05) is 18.4 Å². The van der Waals surface area contributed by atoms with Crippen molar-refractivity contribution in [1.82, 2.24) is 9.78 Å². The fourth-order valence-corrected chi connectivity index (χ4v) is 2.14. The molecule has 0 aliphatic rings. The van der Waals surface area contributed by atoms with E-state index in [4.69, 9.17) is 10.5 Å². The summed E-state index contributed by atoms with van der Waals surface area (Å²) in [5, 5.41) is 7.31. The molecule has 0 aliphatic carbocycles. The first-order valence-electron chi connectivity index (χ1n) is 6.72. The van der Waals surface area contributed by atoms with Crippen molar-refractivity contribution >= 4 is 29.7 Å². The first-order valence-corrected chi connectivity index (χ1v) is 6.72. The van der Waals surface area contributed by atoms with E-state index in [1.54, 1.807) is 31.4 Å². The summed E-state index contributed by atoms with van der Waals surface area (Å²) in [6.07, 6.45) is 0. The SMILES string of the molecule is COCCn1nc(C)c(NC(=O)c2cccc(N)c2)c1C.Cl. The third-order valence-electron chi connectivity index (χ3n) is 3.28. The van der Waals surface area contributed by atoms with Crippen LogP contribution in [0.3, 0.4) is 0 Å². The summed E-state index contributed by atoms with van der Waals surface area (Å²) < 4.78 is 6.88. The Balaban J connectivity index is 0.00000242. The Morgan fingerprint density at radius 2 is 2.14 bits per heavy atom. The van der Waals surface area contributed by atoms with Gasteiger partial charge in [0.1, 0.15) is 0 Å². The van der Waals surface area contributed by atoms with Crippen molar-refractivity contribution in [2.45, 2.75) is 20.4 Å². The highest BCUT2D eigenvalue weighted by Gasteiger charge is 2.15. The zero-order valence-electron chi connectivity index (χ0n) is 12.9. The second-order valence-corrected chi connectivity index (χ2v) is 4.84. The van der Waals surface area contributed by atoms with Crippen molar-refractivity contribution in [2.75, 3.05) is 24.8 Å². The summed E-state index contributed by atoms with van der Waals surface area (Å²) in [7, 11) is 1.65. The molecule has 2 rings (SSSR count). The summed E-state index contributed by atoms with van der Waals surface area (Å²) in [6.45, 7) is 5.01. The third-order valence-corrected chi connectivity index (χ3v) is 3.28. The topological polar surface area (TPSA) is 82.2 Å². The van der Waals surface area contributed by atoms with E-state index in [-0.39, 0.29) is 18.3 Å². The molecule has 1 heterocycles. The second-order valence-electron chi connectivity index (χ2n) is 4.84. The normalized spacial score (nSPS) is 10.1. The summed E-state index contributed by atoms with van der Waals surface area (Å²) in [5.41, 5.74) is 9.20. The van der Waals surface area contributed by atoms with Crippen LogP contribution >= 0.6 is 12.4 Å². The van der Waals surface area contributed by atoms with Gasteiger partial charge in [-0.3, -0.25) is 9.48 Å². The molecular weight excluding hydrogens is 304 g/mol. The number of rotatable bonds is 5. The van der Waals surface area contributed by atoms with Crippen molar-refractivity contribution in [3.63, 3.8) is 0 Å².